The molecule has 110 valence electrons. The van der Waals surface area contributed by atoms with Crippen LogP contribution in [0.25, 0.3) is 0 Å². The molecule has 0 N–H and O–H groups in total. The molecule has 2 rings (SSSR count). The molecule has 2 nitrogen and oxygen atoms in total. The summed E-state index contributed by atoms with van der Waals surface area (Å²) < 4.78 is 52.1. The summed E-state index contributed by atoms with van der Waals surface area (Å²) in [6, 6.07) is 4.71. The van der Waals surface area contributed by atoms with E-state index in [-0.39, 0.29) is 10.6 Å². The molecule has 1 aromatic heterocycles. The number of benzene rings is 1. The van der Waals surface area contributed by atoms with Gasteiger partial charge in [0.2, 0.25) is 0 Å². The molecule has 1 heterocycles. The number of carbonyl (C=O) groups is 1. The van der Waals surface area contributed by atoms with Gasteiger partial charge in [0, 0.05) is 24.4 Å². The SMILES string of the molecule is O=C(Cc1cccc(Cl)c1F)c1cnccc1C(F)(F)F. The summed E-state index contributed by atoms with van der Waals surface area (Å²) in [6.07, 6.45) is -3.44. The number of rotatable bonds is 3. The lowest BCUT2D eigenvalue weighted by molar-refractivity contribution is -0.138. The first-order chi connectivity index (χ1) is 9.80. The number of hydrogen-bond donors (Lipinski definition) is 0. The predicted octanol–water partition coefficient (Wildman–Crippen LogP) is 4.32. The third-order valence-corrected chi connectivity index (χ3v) is 3.10. The summed E-state index contributed by atoms with van der Waals surface area (Å²) in [5, 5.41) is -0.192. The maximum atomic E-state index is 13.7. The molecular weight excluding hydrogens is 310 g/mol. The topological polar surface area (TPSA) is 30.0 Å². The van der Waals surface area contributed by atoms with Gasteiger partial charge in [0.15, 0.2) is 5.78 Å². The van der Waals surface area contributed by atoms with E-state index >= 15 is 0 Å². The van der Waals surface area contributed by atoms with Crippen molar-refractivity contribution in [2.75, 3.05) is 0 Å². The first-order valence-electron chi connectivity index (χ1n) is 5.78. The number of alkyl halides is 3. The van der Waals surface area contributed by atoms with Gasteiger partial charge in [0.05, 0.1) is 10.6 Å². The standard InChI is InChI=1S/C14H8ClF4NO/c15-11-3-1-2-8(13(11)16)6-12(21)9-7-20-5-4-10(9)14(17,18)19/h1-5,7H,6H2. The maximum absolute atomic E-state index is 13.7. The average molecular weight is 318 g/mol. The average Bonchev–Trinajstić information content (AvgIpc) is 2.43. The zero-order valence-corrected chi connectivity index (χ0v) is 11.2. The highest BCUT2D eigenvalue weighted by Crippen LogP contribution is 2.32. The molecular formula is C14H8ClF4NO. The minimum absolute atomic E-state index is 0.0653. The van der Waals surface area contributed by atoms with Gasteiger partial charge in [-0.25, -0.2) is 4.39 Å². The van der Waals surface area contributed by atoms with Gasteiger partial charge < -0.3 is 0 Å². The van der Waals surface area contributed by atoms with Crippen molar-refractivity contribution in [3.8, 4) is 0 Å². The molecule has 0 saturated heterocycles. The summed E-state index contributed by atoms with van der Waals surface area (Å²) in [7, 11) is 0. The Kier molecular flexibility index (Phi) is 4.27. The van der Waals surface area contributed by atoms with E-state index in [1.54, 1.807) is 0 Å². The summed E-state index contributed by atoms with van der Waals surface area (Å²) in [4.78, 5) is 15.5. The van der Waals surface area contributed by atoms with Gasteiger partial charge >= 0.3 is 6.18 Å². The van der Waals surface area contributed by atoms with E-state index < -0.39 is 35.3 Å². The van der Waals surface area contributed by atoms with Crippen LogP contribution in [0, 0.1) is 5.82 Å². The second kappa shape index (κ2) is 5.81. The Hall–Kier alpha value is -1.95. The Labute approximate surface area is 122 Å². The van der Waals surface area contributed by atoms with Crippen LogP contribution < -0.4 is 0 Å². The van der Waals surface area contributed by atoms with Crippen molar-refractivity contribution >= 4 is 17.4 Å². The van der Waals surface area contributed by atoms with Gasteiger partial charge in [-0.05, 0) is 17.7 Å². The predicted molar refractivity (Wildman–Crippen MR) is 68.7 cm³/mol. The van der Waals surface area contributed by atoms with Crippen molar-refractivity contribution in [3.05, 3.63) is 64.2 Å². The smallest absolute Gasteiger partial charge is 0.294 e. The van der Waals surface area contributed by atoms with Crippen molar-refractivity contribution in [3.63, 3.8) is 0 Å². The van der Waals surface area contributed by atoms with Crippen LogP contribution in [-0.2, 0) is 12.6 Å². The summed E-state index contributed by atoms with van der Waals surface area (Å²) in [5.74, 6) is -1.69. The largest absolute Gasteiger partial charge is 0.417 e. The van der Waals surface area contributed by atoms with Gasteiger partial charge in [-0.3, -0.25) is 9.78 Å². The molecule has 0 aliphatic rings. The van der Waals surface area contributed by atoms with Crippen LogP contribution in [0.3, 0.4) is 0 Å². The summed E-state index contributed by atoms with van der Waals surface area (Å²) >= 11 is 5.57. The molecule has 0 spiro atoms. The molecule has 1 aromatic carbocycles. The van der Waals surface area contributed by atoms with E-state index in [0.29, 0.717) is 6.07 Å². The Morgan fingerprint density at radius 1 is 1.24 bits per heavy atom. The fourth-order valence-electron chi connectivity index (χ4n) is 1.82. The van der Waals surface area contributed by atoms with E-state index in [1.165, 1.54) is 18.2 Å². The Morgan fingerprint density at radius 2 is 1.95 bits per heavy atom. The fourth-order valence-corrected chi connectivity index (χ4v) is 2.01. The lowest BCUT2D eigenvalue weighted by Gasteiger charge is -2.11. The highest BCUT2D eigenvalue weighted by molar-refractivity contribution is 6.30. The minimum Gasteiger partial charge on any atom is -0.294 e. The van der Waals surface area contributed by atoms with Crippen LogP contribution in [0.2, 0.25) is 5.02 Å². The van der Waals surface area contributed by atoms with Gasteiger partial charge in [0.1, 0.15) is 5.82 Å². The lowest BCUT2D eigenvalue weighted by atomic mass is 10.00. The molecule has 21 heavy (non-hydrogen) atoms. The highest BCUT2D eigenvalue weighted by atomic mass is 35.5. The van der Waals surface area contributed by atoms with E-state index in [0.717, 1.165) is 12.4 Å². The van der Waals surface area contributed by atoms with Crippen LogP contribution in [-0.4, -0.2) is 10.8 Å². The first-order valence-corrected chi connectivity index (χ1v) is 6.16. The molecule has 0 aliphatic heterocycles. The number of pyridine rings is 1. The Morgan fingerprint density at radius 3 is 2.62 bits per heavy atom. The Bertz CT molecular complexity index is 685. The molecule has 0 aliphatic carbocycles. The number of halogens is 5. The van der Waals surface area contributed by atoms with Gasteiger partial charge in [0.25, 0.3) is 0 Å². The van der Waals surface area contributed by atoms with Gasteiger partial charge in [-0.2, -0.15) is 13.2 Å². The number of aromatic nitrogens is 1. The lowest BCUT2D eigenvalue weighted by Crippen LogP contribution is -2.15. The number of nitrogens with zero attached hydrogens (tertiary/aromatic N) is 1. The molecule has 0 atom stereocenters. The molecule has 7 heteroatoms. The van der Waals surface area contributed by atoms with Crippen LogP contribution in [0.1, 0.15) is 21.5 Å². The second-order valence-electron chi connectivity index (χ2n) is 4.23. The van der Waals surface area contributed by atoms with Crippen LogP contribution in [0.5, 0.6) is 0 Å². The molecule has 0 radical (unpaired) electrons. The molecule has 0 unspecified atom stereocenters. The van der Waals surface area contributed by atoms with Gasteiger partial charge in [-0.15, -0.1) is 0 Å². The Balaban J connectivity index is 2.36. The molecule has 0 amide bonds. The molecule has 0 bridgehead atoms. The fraction of sp³-hybridized carbons (Fsp3) is 0.143. The quantitative estimate of drug-likeness (QED) is 0.623. The van der Waals surface area contributed by atoms with E-state index in [9.17, 15) is 22.4 Å². The van der Waals surface area contributed by atoms with E-state index in [4.69, 9.17) is 11.6 Å². The van der Waals surface area contributed by atoms with Gasteiger partial charge in [-0.1, -0.05) is 23.7 Å². The van der Waals surface area contributed by atoms with Crippen molar-refractivity contribution < 1.29 is 22.4 Å². The monoisotopic (exact) mass is 317 g/mol. The molecule has 0 fully saturated rings. The normalized spacial score (nSPS) is 11.5. The van der Waals surface area contributed by atoms with Crippen molar-refractivity contribution in [1.29, 1.82) is 0 Å². The summed E-state index contributed by atoms with van der Waals surface area (Å²) in [5.41, 5.74) is -1.75. The van der Waals surface area contributed by atoms with E-state index in [2.05, 4.69) is 4.98 Å². The minimum atomic E-state index is -4.68. The van der Waals surface area contributed by atoms with Crippen molar-refractivity contribution in [2.24, 2.45) is 0 Å². The van der Waals surface area contributed by atoms with Crippen LogP contribution >= 0.6 is 11.6 Å². The number of ketones is 1. The highest BCUT2D eigenvalue weighted by Gasteiger charge is 2.35. The van der Waals surface area contributed by atoms with Crippen molar-refractivity contribution in [1.82, 2.24) is 4.98 Å². The third kappa shape index (κ3) is 3.39. The van der Waals surface area contributed by atoms with Crippen LogP contribution in [0.15, 0.2) is 36.7 Å². The van der Waals surface area contributed by atoms with Crippen LogP contribution in [0.4, 0.5) is 17.6 Å². The maximum Gasteiger partial charge on any atom is 0.417 e. The zero-order chi connectivity index (χ0) is 15.6. The third-order valence-electron chi connectivity index (χ3n) is 2.81. The van der Waals surface area contributed by atoms with E-state index in [1.807, 2.05) is 0 Å². The number of carbonyl (C=O) groups excluding carboxylic acids is 1. The number of hydrogen-bond acceptors (Lipinski definition) is 2. The zero-order valence-electron chi connectivity index (χ0n) is 10.4. The molecule has 0 saturated carbocycles. The molecule has 2 aromatic rings. The van der Waals surface area contributed by atoms with Crippen molar-refractivity contribution in [2.45, 2.75) is 12.6 Å². The first kappa shape index (κ1) is 15.4. The summed E-state index contributed by atoms with van der Waals surface area (Å²) in [6.45, 7) is 0. The number of Topliss-reactive ketones (excluding diaryl/α,β-unsaturated/α-hetero) is 1. The second-order valence-corrected chi connectivity index (χ2v) is 4.64.